The summed E-state index contributed by atoms with van der Waals surface area (Å²) in [5.74, 6) is 0.759. The highest BCUT2D eigenvalue weighted by Crippen LogP contribution is 2.13. The normalized spacial score (nSPS) is 19.3. The van der Waals surface area contributed by atoms with Crippen molar-refractivity contribution >= 4 is 11.7 Å². The lowest BCUT2D eigenvalue weighted by molar-refractivity contribution is -0.120. The van der Waals surface area contributed by atoms with Crippen molar-refractivity contribution in [3.05, 3.63) is 12.3 Å². The molecule has 0 saturated carbocycles. The number of hydrogen-bond donors (Lipinski definition) is 2. The van der Waals surface area contributed by atoms with E-state index in [1.54, 1.807) is 7.11 Å². The number of amides is 1. The Balaban J connectivity index is 1.80. The van der Waals surface area contributed by atoms with Gasteiger partial charge in [-0.25, -0.2) is 0 Å². The van der Waals surface area contributed by atoms with Crippen molar-refractivity contribution < 1.29 is 9.53 Å². The molecule has 0 aliphatic carbocycles. The maximum absolute atomic E-state index is 12.0. The number of ether oxygens (including phenoxy) is 1. The molecule has 1 amide bonds. The van der Waals surface area contributed by atoms with E-state index in [0.29, 0.717) is 5.82 Å². The third-order valence-electron chi connectivity index (χ3n) is 3.30. The molecule has 6 heteroatoms. The second kappa shape index (κ2) is 7.25. The molecule has 0 aromatic carbocycles. The first kappa shape index (κ1) is 14.0. The standard InChI is InChI=1S/C13H22N4O2/c1-19-9-3-7-17-8-5-12(16-17)15-13(18)11-4-2-6-14-10-11/h5,8,11,14H,2-4,6-7,9-10H2,1H3,(H,15,16,18). The Bertz CT molecular complexity index is 399. The van der Waals surface area contributed by atoms with E-state index in [1.807, 2.05) is 16.9 Å². The number of nitrogens with zero attached hydrogens (tertiary/aromatic N) is 2. The van der Waals surface area contributed by atoms with Crippen LogP contribution in [0.25, 0.3) is 0 Å². The second-order valence-corrected chi connectivity index (χ2v) is 4.84. The quantitative estimate of drug-likeness (QED) is 0.749. The molecule has 1 saturated heterocycles. The number of rotatable bonds is 6. The fraction of sp³-hybridized carbons (Fsp3) is 0.692. The second-order valence-electron chi connectivity index (χ2n) is 4.84. The Kier molecular flexibility index (Phi) is 5.35. The molecule has 0 spiro atoms. The van der Waals surface area contributed by atoms with Gasteiger partial charge in [0.2, 0.25) is 5.91 Å². The fourth-order valence-electron chi connectivity index (χ4n) is 2.23. The number of hydrogen-bond acceptors (Lipinski definition) is 4. The van der Waals surface area contributed by atoms with Gasteiger partial charge < -0.3 is 15.4 Å². The van der Waals surface area contributed by atoms with Crippen LogP contribution in [-0.2, 0) is 16.1 Å². The Hall–Kier alpha value is -1.40. The summed E-state index contributed by atoms with van der Waals surface area (Å²) < 4.78 is 6.82. The first-order valence-corrected chi connectivity index (χ1v) is 6.83. The van der Waals surface area contributed by atoms with E-state index in [9.17, 15) is 4.79 Å². The predicted molar refractivity (Wildman–Crippen MR) is 72.9 cm³/mol. The van der Waals surface area contributed by atoms with Crippen molar-refractivity contribution in [3.8, 4) is 0 Å². The van der Waals surface area contributed by atoms with Gasteiger partial charge in [0, 0.05) is 39.1 Å². The molecule has 1 aromatic heterocycles. The van der Waals surface area contributed by atoms with Crippen molar-refractivity contribution in [1.82, 2.24) is 15.1 Å². The van der Waals surface area contributed by atoms with E-state index < -0.39 is 0 Å². The molecule has 106 valence electrons. The van der Waals surface area contributed by atoms with E-state index in [4.69, 9.17) is 4.74 Å². The molecule has 0 bridgehead atoms. The first-order valence-electron chi connectivity index (χ1n) is 6.83. The summed E-state index contributed by atoms with van der Waals surface area (Å²) in [6.07, 6.45) is 4.80. The number of carbonyl (C=O) groups excluding carboxylic acids is 1. The number of piperidine rings is 1. The molecule has 1 fully saturated rings. The van der Waals surface area contributed by atoms with Gasteiger partial charge in [-0.3, -0.25) is 9.48 Å². The van der Waals surface area contributed by atoms with E-state index >= 15 is 0 Å². The van der Waals surface area contributed by atoms with Gasteiger partial charge in [-0.15, -0.1) is 0 Å². The molecule has 0 radical (unpaired) electrons. The summed E-state index contributed by atoms with van der Waals surface area (Å²) >= 11 is 0. The van der Waals surface area contributed by atoms with E-state index in [2.05, 4.69) is 15.7 Å². The van der Waals surface area contributed by atoms with Crippen molar-refractivity contribution in [2.24, 2.45) is 5.92 Å². The smallest absolute Gasteiger partial charge is 0.229 e. The lowest BCUT2D eigenvalue weighted by atomic mass is 9.99. The lowest BCUT2D eigenvalue weighted by Crippen LogP contribution is -2.37. The monoisotopic (exact) mass is 266 g/mol. The van der Waals surface area contributed by atoms with Gasteiger partial charge in [0.25, 0.3) is 0 Å². The predicted octanol–water partition coefficient (Wildman–Crippen LogP) is 0.858. The summed E-state index contributed by atoms with van der Waals surface area (Å²) in [5, 5.41) is 10.4. The summed E-state index contributed by atoms with van der Waals surface area (Å²) in [6.45, 7) is 3.29. The summed E-state index contributed by atoms with van der Waals surface area (Å²) in [5.41, 5.74) is 0. The largest absolute Gasteiger partial charge is 0.385 e. The fourth-order valence-corrected chi connectivity index (χ4v) is 2.23. The van der Waals surface area contributed by atoms with E-state index in [-0.39, 0.29) is 11.8 Å². The zero-order chi connectivity index (χ0) is 13.5. The van der Waals surface area contributed by atoms with Crippen LogP contribution in [0, 0.1) is 5.92 Å². The summed E-state index contributed by atoms with van der Waals surface area (Å²) in [7, 11) is 1.69. The van der Waals surface area contributed by atoms with Gasteiger partial charge in [-0.1, -0.05) is 0 Å². The van der Waals surface area contributed by atoms with Gasteiger partial charge in [-0.2, -0.15) is 5.10 Å². The Morgan fingerprint density at radius 2 is 2.58 bits per heavy atom. The highest BCUT2D eigenvalue weighted by molar-refractivity contribution is 5.91. The van der Waals surface area contributed by atoms with Gasteiger partial charge >= 0.3 is 0 Å². The number of nitrogens with one attached hydrogen (secondary N) is 2. The zero-order valence-electron chi connectivity index (χ0n) is 11.4. The average Bonchev–Trinajstić information content (AvgIpc) is 2.88. The molecular formula is C13H22N4O2. The summed E-state index contributed by atoms with van der Waals surface area (Å²) in [6, 6.07) is 1.83. The van der Waals surface area contributed by atoms with Crippen molar-refractivity contribution in [2.45, 2.75) is 25.8 Å². The molecule has 1 unspecified atom stereocenters. The van der Waals surface area contributed by atoms with E-state index in [1.165, 1.54) is 0 Å². The Morgan fingerprint density at radius 1 is 1.68 bits per heavy atom. The number of anilines is 1. The van der Waals surface area contributed by atoms with Crippen LogP contribution < -0.4 is 10.6 Å². The highest BCUT2D eigenvalue weighted by atomic mass is 16.5. The van der Waals surface area contributed by atoms with Gasteiger partial charge in [0.05, 0.1) is 5.92 Å². The van der Waals surface area contributed by atoms with Crippen LogP contribution in [0.5, 0.6) is 0 Å². The van der Waals surface area contributed by atoms with Gasteiger partial charge in [0.15, 0.2) is 5.82 Å². The van der Waals surface area contributed by atoms with Crippen LogP contribution in [0.3, 0.4) is 0 Å². The zero-order valence-corrected chi connectivity index (χ0v) is 11.4. The maximum Gasteiger partial charge on any atom is 0.229 e. The van der Waals surface area contributed by atoms with Crippen LogP contribution in [-0.4, -0.2) is 42.5 Å². The van der Waals surface area contributed by atoms with Crippen LogP contribution in [0.4, 0.5) is 5.82 Å². The van der Waals surface area contributed by atoms with Crippen molar-refractivity contribution in [1.29, 1.82) is 0 Å². The SMILES string of the molecule is COCCCn1ccc(NC(=O)C2CCCNC2)n1. The summed E-state index contributed by atoms with van der Waals surface area (Å²) in [4.78, 5) is 12.0. The van der Waals surface area contributed by atoms with Gasteiger partial charge in [-0.05, 0) is 25.8 Å². The molecule has 1 aliphatic heterocycles. The number of methoxy groups -OCH3 is 1. The molecule has 1 atom stereocenters. The molecule has 1 aromatic rings. The van der Waals surface area contributed by atoms with Crippen LogP contribution in [0.15, 0.2) is 12.3 Å². The molecule has 2 heterocycles. The maximum atomic E-state index is 12.0. The van der Waals surface area contributed by atoms with Crippen LogP contribution >= 0.6 is 0 Å². The number of aryl methyl sites for hydroxylation is 1. The molecule has 2 N–H and O–H groups in total. The third-order valence-corrected chi connectivity index (χ3v) is 3.30. The molecule has 19 heavy (non-hydrogen) atoms. The molecule has 1 aliphatic rings. The minimum Gasteiger partial charge on any atom is -0.385 e. The molecule has 6 nitrogen and oxygen atoms in total. The van der Waals surface area contributed by atoms with Crippen LogP contribution in [0.1, 0.15) is 19.3 Å². The topological polar surface area (TPSA) is 68.2 Å². The first-order chi connectivity index (χ1) is 9.29. The molecular weight excluding hydrogens is 244 g/mol. The van der Waals surface area contributed by atoms with Crippen molar-refractivity contribution in [2.75, 3.05) is 32.1 Å². The number of carbonyl (C=O) groups is 1. The highest BCUT2D eigenvalue weighted by Gasteiger charge is 2.21. The minimum absolute atomic E-state index is 0.0624. The molecule has 2 rings (SSSR count). The van der Waals surface area contributed by atoms with Gasteiger partial charge in [0.1, 0.15) is 0 Å². The number of aromatic nitrogens is 2. The minimum atomic E-state index is 0.0624. The lowest BCUT2D eigenvalue weighted by Gasteiger charge is -2.21. The average molecular weight is 266 g/mol. The van der Waals surface area contributed by atoms with E-state index in [0.717, 1.165) is 45.5 Å². The van der Waals surface area contributed by atoms with Crippen molar-refractivity contribution in [3.63, 3.8) is 0 Å². The Morgan fingerprint density at radius 3 is 3.32 bits per heavy atom. The Labute approximate surface area is 113 Å². The van der Waals surface area contributed by atoms with Crippen LogP contribution in [0.2, 0.25) is 0 Å². The third kappa shape index (κ3) is 4.33.